The molecule has 2 nitrogen and oxygen atoms in total. The topological polar surface area (TPSA) is 40.5 Å². The highest BCUT2D eigenvalue weighted by Gasteiger charge is 2.28. The van der Waals surface area contributed by atoms with Gasteiger partial charge in [0.1, 0.15) is 5.75 Å². The van der Waals surface area contributed by atoms with Crippen molar-refractivity contribution in [3.63, 3.8) is 0 Å². The maximum absolute atomic E-state index is 10.6. The van der Waals surface area contributed by atoms with Crippen LogP contribution < -0.4 is 0 Å². The summed E-state index contributed by atoms with van der Waals surface area (Å²) >= 11 is 7.55. The first-order chi connectivity index (χ1) is 9.29. The van der Waals surface area contributed by atoms with Crippen molar-refractivity contribution in [1.82, 2.24) is 0 Å². The summed E-state index contributed by atoms with van der Waals surface area (Å²) in [7, 11) is 0. The summed E-state index contributed by atoms with van der Waals surface area (Å²) in [5, 5.41) is 20.0. The monoisotopic (exact) mass is 332 g/mol. The average molecular weight is 333 g/mol. The molecule has 2 N–H and O–H groups in total. The van der Waals surface area contributed by atoms with Gasteiger partial charge in [-0.05, 0) is 17.7 Å². The standard InChI is InChI=1S/C13H16O2S4/c14-7-8-5-9(12-16-1-2-17-12)11(15)10(6-8)13-18-3-4-19-13/h5-6,12-15H,1-4,7H2. The molecule has 1 aromatic rings. The van der Waals surface area contributed by atoms with E-state index in [2.05, 4.69) is 0 Å². The zero-order chi connectivity index (χ0) is 13.2. The van der Waals surface area contributed by atoms with Crippen LogP contribution in [0.5, 0.6) is 5.75 Å². The molecule has 0 radical (unpaired) electrons. The minimum absolute atomic E-state index is 0.0460. The third-order valence-corrected chi connectivity index (χ3v) is 9.30. The number of aromatic hydroxyl groups is 1. The van der Waals surface area contributed by atoms with Crippen molar-refractivity contribution in [2.45, 2.75) is 15.8 Å². The molecule has 0 unspecified atom stereocenters. The van der Waals surface area contributed by atoms with E-state index in [-0.39, 0.29) is 6.61 Å². The molecule has 0 saturated carbocycles. The highest BCUT2D eigenvalue weighted by Crippen LogP contribution is 2.53. The number of thioether (sulfide) groups is 4. The second kappa shape index (κ2) is 6.43. The van der Waals surface area contributed by atoms with Crippen molar-refractivity contribution >= 4 is 47.0 Å². The lowest BCUT2D eigenvalue weighted by atomic mass is 10.1. The fourth-order valence-corrected chi connectivity index (χ4v) is 8.03. The van der Waals surface area contributed by atoms with Gasteiger partial charge in [-0.25, -0.2) is 0 Å². The van der Waals surface area contributed by atoms with E-state index in [9.17, 15) is 10.2 Å². The normalized spacial score (nSPS) is 21.3. The van der Waals surface area contributed by atoms with Gasteiger partial charge in [-0.1, -0.05) is 0 Å². The molecule has 0 spiro atoms. The van der Waals surface area contributed by atoms with Crippen LogP contribution >= 0.6 is 47.0 Å². The van der Waals surface area contributed by atoms with Gasteiger partial charge < -0.3 is 10.2 Å². The number of rotatable bonds is 3. The van der Waals surface area contributed by atoms with Crippen LogP contribution in [0, 0.1) is 0 Å². The Labute approximate surface area is 130 Å². The molecule has 2 fully saturated rings. The average Bonchev–Trinajstić information content (AvgIpc) is 3.12. The minimum Gasteiger partial charge on any atom is -0.507 e. The third-order valence-electron chi connectivity index (χ3n) is 3.16. The van der Waals surface area contributed by atoms with Gasteiger partial charge in [-0.2, -0.15) is 0 Å². The van der Waals surface area contributed by atoms with E-state index in [1.54, 1.807) is 0 Å². The molecule has 104 valence electrons. The summed E-state index contributed by atoms with van der Waals surface area (Å²) in [5.41, 5.74) is 2.92. The van der Waals surface area contributed by atoms with Gasteiger partial charge in [0.15, 0.2) is 0 Å². The van der Waals surface area contributed by atoms with Gasteiger partial charge in [0.05, 0.1) is 15.8 Å². The smallest absolute Gasteiger partial charge is 0.125 e. The summed E-state index contributed by atoms with van der Waals surface area (Å²) in [6.07, 6.45) is 0. The third kappa shape index (κ3) is 3.02. The molecule has 2 heterocycles. The van der Waals surface area contributed by atoms with Crippen molar-refractivity contribution < 1.29 is 10.2 Å². The minimum atomic E-state index is 0.0460. The van der Waals surface area contributed by atoms with E-state index >= 15 is 0 Å². The van der Waals surface area contributed by atoms with E-state index in [0.29, 0.717) is 14.9 Å². The fourth-order valence-electron chi connectivity index (χ4n) is 2.27. The molecular formula is C13H16O2S4. The second-order valence-corrected chi connectivity index (χ2v) is 9.88. The fraction of sp³-hybridized carbons (Fsp3) is 0.538. The summed E-state index contributed by atoms with van der Waals surface area (Å²) in [6, 6.07) is 3.94. The first kappa shape index (κ1) is 14.3. The number of phenols is 1. The first-order valence-corrected chi connectivity index (χ1v) is 10.4. The largest absolute Gasteiger partial charge is 0.507 e. The second-order valence-electron chi connectivity index (χ2n) is 4.43. The Morgan fingerprint density at radius 3 is 1.68 bits per heavy atom. The predicted molar refractivity (Wildman–Crippen MR) is 89.3 cm³/mol. The van der Waals surface area contributed by atoms with Crippen molar-refractivity contribution in [3.05, 3.63) is 28.8 Å². The lowest BCUT2D eigenvalue weighted by Gasteiger charge is -2.18. The number of benzene rings is 1. The molecule has 19 heavy (non-hydrogen) atoms. The number of aliphatic hydroxyl groups is 1. The Bertz CT molecular complexity index is 417. The highest BCUT2D eigenvalue weighted by molar-refractivity contribution is 8.19. The van der Waals surface area contributed by atoms with E-state index in [0.717, 1.165) is 39.7 Å². The van der Waals surface area contributed by atoms with Crippen molar-refractivity contribution in [2.24, 2.45) is 0 Å². The SMILES string of the molecule is OCc1cc(C2SCCS2)c(O)c(C2SCCS2)c1. The molecule has 2 saturated heterocycles. The lowest BCUT2D eigenvalue weighted by Crippen LogP contribution is -1.97. The first-order valence-electron chi connectivity index (χ1n) is 6.22. The van der Waals surface area contributed by atoms with Gasteiger partial charge in [-0.15, -0.1) is 47.0 Å². The molecule has 6 heteroatoms. The van der Waals surface area contributed by atoms with Crippen LogP contribution in [0.4, 0.5) is 0 Å². The Hall–Kier alpha value is 0.380. The molecule has 0 aromatic heterocycles. The number of hydrogen-bond acceptors (Lipinski definition) is 6. The molecule has 0 bridgehead atoms. The zero-order valence-electron chi connectivity index (χ0n) is 10.4. The van der Waals surface area contributed by atoms with Crippen LogP contribution in [0.2, 0.25) is 0 Å². The van der Waals surface area contributed by atoms with Crippen molar-refractivity contribution in [2.75, 3.05) is 23.0 Å². The quantitative estimate of drug-likeness (QED) is 0.876. The van der Waals surface area contributed by atoms with Crippen LogP contribution in [-0.4, -0.2) is 33.2 Å². The van der Waals surface area contributed by atoms with Crippen molar-refractivity contribution in [3.8, 4) is 5.75 Å². The molecular weight excluding hydrogens is 316 g/mol. The van der Waals surface area contributed by atoms with Gasteiger partial charge in [0.25, 0.3) is 0 Å². The van der Waals surface area contributed by atoms with Crippen molar-refractivity contribution in [1.29, 1.82) is 0 Å². The van der Waals surface area contributed by atoms with Crippen LogP contribution in [-0.2, 0) is 6.61 Å². The van der Waals surface area contributed by atoms with Gasteiger partial charge in [-0.3, -0.25) is 0 Å². The lowest BCUT2D eigenvalue weighted by molar-refractivity contribution is 0.281. The van der Waals surface area contributed by atoms with E-state index in [1.807, 2.05) is 59.2 Å². The van der Waals surface area contributed by atoms with Gasteiger partial charge in [0.2, 0.25) is 0 Å². The van der Waals surface area contributed by atoms with Crippen LogP contribution in [0.15, 0.2) is 12.1 Å². The van der Waals surface area contributed by atoms with E-state index in [1.165, 1.54) is 0 Å². The molecule has 0 amide bonds. The van der Waals surface area contributed by atoms with Crippen LogP contribution in [0.3, 0.4) is 0 Å². The molecule has 1 aromatic carbocycles. The maximum atomic E-state index is 10.6. The number of aliphatic hydroxyl groups excluding tert-OH is 1. The van der Waals surface area contributed by atoms with Crippen LogP contribution in [0.1, 0.15) is 25.9 Å². The summed E-state index contributed by atoms with van der Waals surface area (Å²) in [5.74, 6) is 5.01. The van der Waals surface area contributed by atoms with E-state index < -0.39 is 0 Å². The van der Waals surface area contributed by atoms with E-state index in [4.69, 9.17) is 0 Å². The zero-order valence-corrected chi connectivity index (χ0v) is 13.6. The van der Waals surface area contributed by atoms with Gasteiger partial charge >= 0.3 is 0 Å². The number of hydrogen-bond donors (Lipinski definition) is 2. The molecule has 0 atom stereocenters. The molecule has 0 aliphatic carbocycles. The molecule has 2 aliphatic rings. The van der Waals surface area contributed by atoms with Gasteiger partial charge in [0, 0.05) is 34.1 Å². The van der Waals surface area contributed by atoms with Crippen LogP contribution in [0.25, 0.3) is 0 Å². The number of phenolic OH excluding ortho intramolecular Hbond substituents is 1. The summed E-state index contributed by atoms with van der Waals surface area (Å²) < 4.78 is 0.642. The predicted octanol–water partition coefficient (Wildman–Crippen LogP) is 3.84. The Balaban J connectivity index is 2.00. The molecule has 2 aliphatic heterocycles. The summed E-state index contributed by atoms with van der Waals surface area (Å²) in [6.45, 7) is 0.0460. The Kier molecular flexibility index (Phi) is 4.85. The molecule has 3 rings (SSSR count). The summed E-state index contributed by atoms with van der Waals surface area (Å²) in [4.78, 5) is 0. The highest BCUT2D eigenvalue weighted by atomic mass is 32.2. The maximum Gasteiger partial charge on any atom is 0.125 e. The Morgan fingerprint density at radius 2 is 1.32 bits per heavy atom. The Morgan fingerprint density at radius 1 is 0.895 bits per heavy atom.